The van der Waals surface area contributed by atoms with Gasteiger partial charge in [0.1, 0.15) is 11.6 Å². The Hall–Kier alpha value is -6.35. The van der Waals surface area contributed by atoms with E-state index in [-0.39, 0.29) is 48.5 Å². The first-order chi connectivity index (χ1) is 33.8. The number of aromatic nitrogens is 3. The van der Waals surface area contributed by atoms with E-state index < -0.39 is 5.89 Å². The number of phenols is 1. The Kier molecular flexibility index (Phi) is 13.8. The second-order valence-corrected chi connectivity index (χ2v) is 23.7. The first-order valence-electron chi connectivity index (χ1n) is 25.6. The summed E-state index contributed by atoms with van der Waals surface area (Å²) in [5.41, 5.74) is 17.9. The van der Waals surface area contributed by atoms with Gasteiger partial charge in [0.2, 0.25) is 0 Å². The molecule has 7 aromatic carbocycles. The first kappa shape index (κ1) is 50.6. The van der Waals surface area contributed by atoms with Gasteiger partial charge in [0, 0.05) is 45.6 Å². The Labute approximate surface area is 445 Å². The molecule has 0 bridgehead atoms. The van der Waals surface area contributed by atoms with Crippen molar-refractivity contribution in [1.29, 1.82) is 0 Å². The van der Waals surface area contributed by atoms with Gasteiger partial charge in [0.15, 0.2) is 0 Å². The summed E-state index contributed by atoms with van der Waals surface area (Å²) >= 11 is 0. The van der Waals surface area contributed by atoms with Crippen molar-refractivity contribution in [3.8, 4) is 78.6 Å². The summed E-state index contributed by atoms with van der Waals surface area (Å²) in [7, 11) is 0. The Morgan fingerprint density at radius 3 is 1.74 bits per heavy atom. The molecule has 2 aromatic heterocycles. The van der Waals surface area contributed by atoms with Crippen molar-refractivity contribution in [2.24, 2.45) is 0 Å². The van der Waals surface area contributed by atoms with Gasteiger partial charge >= 0.3 is 0 Å². The van der Waals surface area contributed by atoms with Crippen molar-refractivity contribution in [3.63, 3.8) is 0 Å². The van der Waals surface area contributed by atoms with Crippen LogP contribution in [0.2, 0.25) is 0 Å². The first-order valence-corrected chi connectivity index (χ1v) is 25.1. The number of benzene rings is 7. The van der Waals surface area contributed by atoms with Crippen molar-refractivity contribution in [3.05, 3.63) is 192 Å². The van der Waals surface area contributed by atoms with Crippen LogP contribution in [0.5, 0.6) is 5.75 Å². The van der Waals surface area contributed by atoms with E-state index in [4.69, 9.17) is 9.97 Å². The molecule has 0 aliphatic carbocycles. The van der Waals surface area contributed by atoms with Crippen LogP contribution in [0, 0.1) is 6.07 Å². The van der Waals surface area contributed by atoms with E-state index in [1.807, 2.05) is 26.1 Å². The van der Waals surface area contributed by atoms with Gasteiger partial charge in [-0.05, 0) is 108 Å². The predicted octanol–water partition coefficient (Wildman–Crippen LogP) is 18.2. The fourth-order valence-corrected chi connectivity index (χ4v) is 9.79. The molecule has 9 aromatic rings. The van der Waals surface area contributed by atoms with Crippen LogP contribution < -0.4 is 0 Å². The monoisotopic (exact) mass is 1130 g/mol. The topological polar surface area (TPSA) is 50.9 Å². The van der Waals surface area contributed by atoms with E-state index in [0.29, 0.717) is 11.4 Å². The second-order valence-electron chi connectivity index (χ2n) is 23.7. The number of aromatic hydroxyl groups is 1. The minimum Gasteiger partial charge on any atom is -0.507 e. The molecule has 0 aliphatic rings. The van der Waals surface area contributed by atoms with Gasteiger partial charge in [0.05, 0.1) is 16.6 Å². The van der Waals surface area contributed by atoms with E-state index in [2.05, 4.69) is 239 Å². The van der Waals surface area contributed by atoms with Gasteiger partial charge < -0.3 is 5.11 Å². The molecule has 0 atom stereocenters. The zero-order valence-electron chi connectivity index (χ0n) is 45.6. The van der Waals surface area contributed by atoms with E-state index in [1.165, 1.54) is 16.7 Å². The number of fused-ring (bicyclic) bond motifs is 1. The van der Waals surface area contributed by atoms with Crippen LogP contribution in [-0.4, -0.2) is 19.6 Å². The molecular weight excluding hydrogens is 1060 g/mol. The minimum atomic E-state index is -0.957. The van der Waals surface area contributed by atoms with Crippen LogP contribution in [0.3, 0.4) is 0 Å². The van der Waals surface area contributed by atoms with E-state index >= 15 is 0 Å². The number of hydrogen-bond donors (Lipinski definition) is 1. The minimum absolute atomic E-state index is 0. The smallest absolute Gasteiger partial charge is 0.148 e. The zero-order chi connectivity index (χ0) is 51.7. The Morgan fingerprint density at radius 2 is 1.10 bits per heavy atom. The van der Waals surface area contributed by atoms with Crippen LogP contribution in [-0.2, 0) is 42.7 Å². The van der Waals surface area contributed by atoms with Gasteiger partial charge in [0.25, 0.3) is 0 Å². The molecule has 0 unspecified atom stereocenters. The van der Waals surface area contributed by atoms with Gasteiger partial charge in [-0.2, -0.15) is 0 Å². The summed E-state index contributed by atoms with van der Waals surface area (Å²) in [6.07, 6.45) is 1.89. The summed E-state index contributed by atoms with van der Waals surface area (Å²) in [6.45, 7) is 30.5. The summed E-state index contributed by atoms with van der Waals surface area (Å²) < 4.78 is 11.9. The van der Waals surface area contributed by atoms with Crippen molar-refractivity contribution in [2.75, 3.05) is 0 Å². The number of rotatable bonds is 8. The molecule has 2 heterocycles. The molecular formula is C67H70N3OPt-. The Morgan fingerprint density at radius 1 is 0.514 bits per heavy atom. The molecule has 0 saturated carbocycles. The maximum atomic E-state index is 12.6. The standard InChI is InChI=1S/C67H70N3O.Pt/c1-42(2)55-41-51(31-32-53(55)54-23-18-19-25-57(54)66(9,10)11)70-60-26-20-24-52(61(60)69-63(70)56-39-50(65(6,7)8)40-58(62(56)71)67(12,13)14)47-35-48(37-49(36-47)64(3,4)5)59-38-46(33-34-68-59)45-29-27-44(28-30-45)43-21-16-15-17-22-43;/h15-34,36-42,71H,1-14H3;/q-1;/i42D;. The molecule has 1 N–H and O–H groups in total. The normalized spacial score (nSPS) is 12.7. The second kappa shape index (κ2) is 19.6. The average Bonchev–Trinajstić information content (AvgIpc) is 3.72. The summed E-state index contributed by atoms with van der Waals surface area (Å²) in [5.74, 6) is -0.112. The van der Waals surface area contributed by atoms with Gasteiger partial charge in [-0.3, -0.25) is 9.55 Å². The van der Waals surface area contributed by atoms with Crippen molar-refractivity contribution in [2.45, 2.75) is 124 Å². The fourth-order valence-electron chi connectivity index (χ4n) is 9.79. The molecule has 370 valence electrons. The molecule has 9 rings (SSSR count). The average molecular weight is 1130 g/mol. The number of imidazole rings is 1. The van der Waals surface area contributed by atoms with Crippen molar-refractivity contribution in [1.82, 2.24) is 14.5 Å². The fraction of sp³-hybridized carbons (Fsp3) is 0.284. The van der Waals surface area contributed by atoms with Crippen LogP contribution in [0.25, 0.3) is 83.9 Å². The van der Waals surface area contributed by atoms with E-state index in [0.717, 1.165) is 83.6 Å². The SMILES string of the molecule is [2H]C(C)(C)c1cc(-n2c(-c3cc(C(C)(C)C)cc(C(C)(C)C)c3O)nc3c(-c4[c-]c(-c5cc(-c6ccc(-c7ccccc7)cc6)ccn5)cc(C(C)(C)C)c4)cccc32)ccc1-c1ccccc1C(C)(C)C.[Pt]. The van der Waals surface area contributed by atoms with Crippen molar-refractivity contribution >= 4 is 11.0 Å². The van der Waals surface area contributed by atoms with Crippen molar-refractivity contribution < 1.29 is 27.5 Å². The number of phenolic OH excluding ortho intramolecular Hbond substituents is 1. The maximum absolute atomic E-state index is 12.6. The molecule has 5 heteroatoms. The Bertz CT molecular complexity index is 3480. The largest absolute Gasteiger partial charge is 0.507 e. The Balaban J connectivity index is 0.00000711. The van der Waals surface area contributed by atoms with Crippen LogP contribution >= 0.6 is 0 Å². The predicted molar refractivity (Wildman–Crippen MR) is 301 cm³/mol. The van der Waals surface area contributed by atoms with Crippen LogP contribution in [0.1, 0.15) is 132 Å². The summed E-state index contributed by atoms with van der Waals surface area (Å²) in [6, 6.07) is 57.5. The number of nitrogens with zero attached hydrogens (tertiary/aromatic N) is 3. The van der Waals surface area contributed by atoms with Gasteiger partial charge in [-0.1, -0.05) is 217 Å². The molecule has 0 amide bonds. The van der Waals surface area contributed by atoms with Crippen LogP contribution in [0.15, 0.2) is 158 Å². The molecule has 0 aliphatic heterocycles. The molecule has 0 spiro atoms. The third-order valence-corrected chi connectivity index (χ3v) is 13.9. The third-order valence-electron chi connectivity index (χ3n) is 13.9. The maximum Gasteiger partial charge on any atom is 0.148 e. The molecule has 0 fully saturated rings. The summed E-state index contributed by atoms with van der Waals surface area (Å²) in [5, 5.41) is 12.6. The zero-order valence-corrected chi connectivity index (χ0v) is 46.9. The molecule has 4 nitrogen and oxygen atoms in total. The van der Waals surface area contributed by atoms with Gasteiger partial charge in [-0.25, -0.2) is 4.98 Å². The van der Waals surface area contributed by atoms with Gasteiger partial charge in [-0.15, -0.1) is 29.3 Å². The summed E-state index contributed by atoms with van der Waals surface area (Å²) in [4.78, 5) is 10.6. The molecule has 0 radical (unpaired) electrons. The number of para-hydroxylation sites is 1. The quantitative estimate of drug-likeness (QED) is 0.154. The molecule has 0 saturated heterocycles. The molecule has 72 heavy (non-hydrogen) atoms. The third kappa shape index (κ3) is 10.3. The number of hydrogen-bond acceptors (Lipinski definition) is 3. The van der Waals surface area contributed by atoms with E-state index in [1.54, 1.807) is 0 Å². The number of pyridine rings is 1. The van der Waals surface area contributed by atoms with E-state index in [9.17, 15) is 6.48 Å². The van der Waals surface area contributed by atoms with Crippen LogP contribution in [0.4, 0.5) is 0 Å².